The molecule has 1 aromatic heterocycles. The first-order chi connectivity index (χ1) is 12.0. The molecule has 0 saturated heterocycles. The van der Waals surface area contributed by atoms with E-state index in [0.717, 1.165) is 11.3 Å². The van der Waals surface area contributed by atoms with Crippen LogP contribution in [0.5, 0.6) is 0 Å². The van der Waals surface area contributed by atoms with Gasteiger partial charge in [0.25, 0.3) is 5.56 Å². The number of hydrogen-bond acceptors (Lipinski definition) is 5. The Kier molecular flexibility index (Phi) is 5.61. The zero-order chi connectivity index (χ0) is 18.0. The summed E-state index contributed by atoms with van der Waals surface area (Å²) in [6.45, 7) is 6.33. The van der Waals surface area contributed by atoms with Crippen LogP contribution in [-0.4, -0.2) is 33.6 Å². The summed E-state index contributed by atoms with van der Waals surface area (Å²) in [7, 11) is 0. The van der Waals surface area contributed by atoms with Crippen LogP contribution in [0.2, 0.25) is 0 Å². The highest BCUT2D eigenvalue weighted by Gasteiger charge is 2.28. The van der Waals surface area contributed by atoms with Crippen LogP contribution in [0.1, 0.15) is 41.1 Å². The minimum absolute atomic E-state index is 0.0141. The van der Waals surface area contributed by atoms with Gasteiger partial charge in [-0.05, 0) is 25.8 Å². The van der Waals surface area contributed by atoms with Crippen LogP contribution in [0.4, 0.5) is 0 Å². The Bertz CT molecular complexity index is 812. The van der Waals surface area contributed by atoms with Crippen LogP contribution in [0.15, 0.2) is 28.2 Å². The molecule has 1 aliphatic rings. The Balaban J connectivity index is 1.99. The van der Waals surface area contributed by atoms with Crippen LogP contribution >= 0.6 is 11.8 Å². The third-order valence-corrected chi connectivity index (χ3v) is 5.31. The molecule has 1 atom stereocenters. The molecule has 0 amide bonds. The Morgan fingerprint density at radius 2 is 2.04 bits per heavy atom. The van der Waals surface area contributed by atoms with Gasteiger partial charge < -0.3 is 9.84 Å². The lowest BCUT2D eigenvalue weighted by Crippen LogP contribution is -2.30. The molecule has 25 heavy (non-hydrogen) atoms. The van der Waals surface area contributed by atoms with Crippen molar-refractivity contribution < 1.29 is 9.84 Å². The number of ether oxygens (including phenoxy) is 1. The first kappa shape index (κ1) is 18.2. The molecule has 134 valence electrons. The van der Waals surface area contributed by atoms with E-state index in [2.05, 4.69) is 32.0 Å². The molecule has 2 aromatic rings. The van der Waals surface area contributed by atoms with Crippen molar-refractivity contribution in [1.82, 2.24) is 9.55 Å². The minimum atomic E-state index is -0.340. The maximum Gasteiger partial charge on any atom is 0.259 e. The molecule has 0 aliphatic carbocycles. The van der Waals surface area contributed by atoms with Gasteiger partial charge >= 0.3 is 0 Å². The number of rotatable bonds is 6. The van der Waals surface area contributed by atoms with Crippen molar-refractivity contribution >= 4 is 11.8 Å². The first-order valence-corrected chi connectivity index (χ1v) is 9.58. The van der Waals surface area contributed by atoms with Gasteiger partial charge in [0.05, 0.1) is 18.9 Å². The number of aryl methyl sites for hydroxylation is 2. The van der Waals surface area contributed by atoms with Crippen molar-refractivity contribution in [2.75, 3.05) is 19.0 Å². The van der Waals surface area contributed by atoms with Gasteiger partial charge in [0.2, 0.25) is 0 Å². The Morgan fingerprint density at radius 3 is 2.68 bits per heavy atom. The van der Waals surface area contributed by atoms with E-state index in [9.17, 15) is 4.79 Å². The van der Waals surface area contributed by atoms with Crippen molar-refractivity contribution in [2.45, 2.75) is 45.0 Å². The van der Waals surface area contributed by atoms with E-state index in [4.69, 9.17) is 14.8 Å². The van der Waals surface area contributed by atoms with Crippen molar-refractivity contribution in [2.24, 2.45) is 0 Å². The standard InChI is InChI=1S/C19H24N2O3S/c1-4-15-16(10-14-8-12(2)7-13(3)9-14)20-19-21(18(15)23)17(11-25-19)24-6-5-22/h7-9,17,22H,4-6,10-11H2,1-3H3. The van der Waals surface area contributed by atoms with Gasteiger partial charge in [-0.15, -0.1) is 0 Å². The lowest BCUT2D eigenvalue weighted by Gasteiger charge is -2.16. The summed E-state index contributed by atoms with van der Waals surface area (Å²) in [5.74, 6) is 0.651. The number of nitrogens with zero attached hydrogens (tertiary/aromatic N) is 2. The fourth-order valence-corrected chi connectivity index (χ4v) is 4.40. The molecule has 0 radical (unpaired) electrons. The highest BCUT2D eigenvalue weighted by Crippen LogP contribution is 2.31. The molecule has 1 unspecified atom stereocenters. The van der Waals surface area contributed by atoms with Crippen LogP contribution in [0.25, 0.3) is 0 Å². The summed E-state index contributed by atoms with van der Waals surface area (Å²) in [5.41, 5.74) is 5.22. The summed E-state index contributed by atoms with van der Waals surface area (Å²) in [6, 6.07) is 6.45. The third-order valence-electron chi connectivity index (χ3n) is 4.31. The topological polar surface area (TPSA) is 64.4 Å². The zero-order valence-electron chi connectivity index (χ0n) is 14.9. The fraction of sp³-hybridized carbons (Fsp3) is 0.474. The summed E-state index contributed by atoms with van der Waals surface area (Å²) in [5, 5.41) is 9.68. The van der Waals surface area contributed by atoms with Gasteiger partial charge in [-0.1, -0.05) is 48.0 Å². The van der Waals surface area contributed by atoms with Gasteiger partial charge in [0.15, 0.2) is 5.16 Å². The molecule has 0 spiro atoms. The predicted molar refractivity (Wildman–Crippen MR) is 99.4 cm³/mol. The smallest absolute Gasteiger partial charge is 0.259 e. The average Bonchev–Trinajstić information content (AvgIpc) is 2.95. The minimum Gasteiger partial charge on any atom is -0.394 e. The molecule has 0 saturated carbocycles. The molecule has 0 fully saturated rings. The van der Waals surface area contributed by atoms with E-state index in [1.54, 1.807) is 4.57 Å². The Morgan fingerprint density at radius 1 is 1.32 bits per heavy atom. The quantitative estimate of drug-likeness (QED) is 0.803. The summed E-state index contributed by atoms with van der Waals surface area (Å²) in [4.78, 5) is 17.8. The molecular weight excluding hydrogens is 336 g/mol. The van der Waals surface area contributed by atoms with E-state index in [1.807, 2.05) is 6.92 Å². The van der Waals surface area contributed by atoms with Crippen molar-refractivity contribution in [3.8, 4) is 0 Å². The number of thioether (sulfide) groups is 1. The maximum absolute atomic E-state index is 13.0. The van der Waals surface area contributed by atoms with Gasteiger partial charge in [-0.2, -0.15) is 0 Å². The molecule has 1 aliphatic heterocycles. The number of aliphatic hydroxyl groups excluding tert-OH is 1. The molecule has 3 rings (SSSR count). The van der Waals surface area contributed by atoms with Crippen LogP contribution in [-0.2, 0) is 17.6 Å². The van der Waals surface area contributed by atoms with E-state index >= 15 is 0 Å². The van der Waals surface area contributed by atoms with Gasteiger partial charge in [-0.25, -0.2) is 4.98 Å². The van der Waals surface area contributed by atoms with Gasteiger partial charge in [0, 0.05) is 17.7 Å². The second-order valence-corrected chi connectivity index (χ2v) is 7.37. The Labute approximate surface area is 152 Å². The fourth-order valence-electron chi connectivity index (χ4n) is 3.35. The molecule has 6 heteroatoms. The van der Waals surface area contributed by atoms with E-state index in [-0.39, 0.29) is 25.0 Å². The van der Waals surface area contributed by atoms with E-state index < -0.39 is 0 Å². The molecular formula is C19H24N2O3S. The zero-order valence-corrected chi connectivity index (χ0v) is 15.7. The average molecular weight is 360 g/mol. The number of fused-ring (bicyclic) bond motifs is 1. The summed E-state index contributed by atoms with van der Waals surface area (Å²) < 4.78 is 7.24. The molecule has 1 N–H and O–H groups in total. The van der Waals surface area contributed by atoms with Crippen LogP contribution in [0.3, 0.4) is 0 Å². The second-order valence-electron chi connectivity index (χ2n) is 6.38. The monoisotopic (exact) mass is 360 g/mol. The second kappa shape index (κ2) is 7.72. The highest BCUT2D eigenvalue weighted by molar-refractivity contribution is 7.99. The molecule has 1 aromatic carbocycles. The summed E-state index contributed by atoms with van der Waals surface area (Å²) in [6.07, 6.45) is 0.967. The number of benzene rings is 1. The van der Waals surface area contributed by atoms with Crippen LogP contribution in [0, 0.1) is 13.8 Å². The normalized spacial score (nSPS) is 16.2. The highest BCUT2D eigenvalue weighted by atomic mass is 32.2. The maximum atomic E-state index is 13.0. The van der Waals surface area contributed by atoms with Crippen molar-refractivity contribution in [1.29, 1.82) is 0 Å². The van der Waals surface area contributed by atoms with Crippen LogP contribution < -0.4 is 5.56 Å². The number of aromatic nitrogens is 2. The van der Waals surface area contributed by atoms with E-state index in [0.29, 0.717) is 23.8 Å². The number of aliphatic hydroxyl groups is 1. The molecule has 0 bridgehead atoms. The van der Waals surface area contributed by atoms with Gasteiger partial charge in [-0.3, -0.25) is 9.36 Å². The lowest BCUT2D eigenvalue weighted by atomic mass is 10.0. The number of hydrogen-bond donors (Lipinski definition) is 1. The Hall–Kier alpha value is -1.63. The molecule has 5 nitrogen and oxygen atoms in total. The third kappa shape index (κ3) is 3.81. The predicted octanol–water partition coefficient (Wildman–Crippen LogP) is 2.63. The van der Waals surface area contributed by atoms with Gasteiger partial charge in [0.1, 0.15) is 6.23 Å². The molecule has 2 heterocycles. The summed E-state index contributed by atoms with van der Waals surface area (Å²) >= 11 is 1.54. The largest absolute Gasteiger partial charge is 0.394 e. The lowest BCUT2D eigenvalue weighted by molar-refractivity contribution is -0.00377. The van der Waals surface area contributed by atoms with E-state index in [1.165, 1.54) is 28.5 Å². The SMILES string of the molecule is CCc1c(Cc2cc(C)cc(C)c2)nc2n(c1=O)C(OCCO)CS2. The van der Waals surface area contributed by atoms with Crippen molar-refractivity contribution in [3.05, 3.63) is 56.5 Å². The first-order valence-electron chi connectivity index (χ1n) is 8.60. The van der Waals surface area contributed by atoms with Crippen molar-refractivity contribution in [3.63, 3.8) is 0 Å².